The predicted octanol–water partition coefficient (Wildman–Crippen LogP) is 2.59. The summed E-state index contributed by atoms with van der Waals surface area (Å²) < 4.78 is 0. The highest BCUT2D eigenvalue weighted by atomic mass is 16.1. The van der Waals surface area contributed by atoms with Gasteiger partial charge in [0.15, 0.2) is 0 Å². The van der Waals surface area contributed by atoms with Crippen LogP contribution in [0.15, 0.2) is 29.1 Å². The highest BCUT2D eigenvalue weighted by Gasteiger charge is 2.20. The van der Waals surface area contributed by atoms with Crippen LogP contribution in [0.4, 0.5) is 0 Å². The average Bonchev–Trinajstić information content (AvgIpc) is 2.50. The van der Waals surface area contributed by atoms with Crippen LogP contribution in [0, 0.1) is 6.92 Å². The van der Waals surface area contributed by atoms with E-state index in [1.165, 1.54) is 11.1 Å². The van der Waals surface area contributed by atoms with Crippen LogP contribution in [0.5, 0.6) is 0 Å². The molecule has 1 aliphatic heterocycles. The summed E-state index contributed by atoms with van der Waals surface area (Å²) in [4.78, 5) is 22.1. The van der Waals surface area contributed by atoms with Crippen molar-refractivity contribution in [1.82, 2.24) is 14.9 Å². The van der Waals surface area contributed by atoms with Gasteiger partial charge in [-0.05, 0) is 25.3 Å². The van der Waals surface area contributed by atoms with Gasteiger partial charge >= 0.3 is 0 Å². The molecule has 0 atom stereocenters. The number of aromatic nitrogens is 2. The molecule has 1 aromatic carbocycles. The van der Waals surface area contributed by atoms with Gasteiger partial charge in [-0.1, -0.05) is 36.8 Å². The maximum absolute atomic E-state index is 12.1. The highest BCUT2D eigenvalue weighted by molar-refractivity contribution is 5.24. The van der Waals surface area contributed by atoms with E-state index >= 15 is 0 Å². The zero-order valence-electron chi connectivity index (χ0n) is 13.4. The molecular weight excluding hydrogens is 274 g/mol. The van der Waals surface area contributed by atoms with Crippen LogP contribution in [-0.2, 0) is 25.9 Å². The lowest BCUT2D eigenvalue weighted by atomic mass is 10.0. The number of nitrogens with zero attached hydrogens (tertiary/aromatic N) is 2. The number of aromatic amines is 1. The van der Waals surface area contributed by atoms with Gasteiger partial charge < -0.3 is 4.98 Å². The first-order chi connectivity index (χ1) is 10.7. The summed E-state index contributed by atoms with van der Waals surface area (Å²) in [5.41, 5.74) is 4.49. The normalized spacial score (nSPS) is 14.8. The minimum absolute atomic E-state index is 0.0587. The summed E-state index contributed by atoms with van der Waals surface area (Å²) in [6.07, 6.45) is 2.62. The van der Waals surface area contributed by atoms with E-state index in [0.717, 1.165) is 56.0 Å². The number of fused-ring (bicyclic) bond motifs is 1. The van der Waals surface area contributed by atoms with Crippen LogP contribution in [0.2, 0.25) is 0 Å². The second kappa shape index (κ2) is 6.44. The van der Waals surface area contributed by atoms with E-state index in [-0.39, 0.29) is 5.56 Å². The third-order valence-corrected chi connectivity index (χ3v) is 4.22. The molecule has 0 aliphatic carbocycles. The Morgan fingerprint density at radius 1 is 1.27 bits per heavy atom. The van der Waals surface area contributed by atoms with Gasteiger partial charge in [-0.3, -0.25) is 9.69 Å². The first kappa shape index (κ1) is 15.0. The molecule has 2 heterocycles. The van der Waals surface area contributed by atoms with Gasteiger partial charge in [-0.2, -0.15) is 0 Å². The minimum atomic E-state index is 0.0587. The number of hydrogen-bond acceptors (Lipinski definition) is 3. The molecule has 0 bridgehead atoms. The van der Waals surface area contributed by atoms with Crippen LogP contribution in [0.1, 0.15) is 41.6 Å². The predicted molar refractivity (Wildman–Crippen MR) is 87.8 cm³/mol. The van der Waals surface area contributed by atoms with Crippen LogP contribution in [-0.4, -0.2) is 21.4 Å². The van der Waals surface area contributed by atoms with Gasteiger partial charge in [0.25, 0.3) is 5.56 Å². The average molecular weight is 297 g/mol. The molecular formula is C18H23N3O. The lowest BCUT2D eigenvalue weighted by Crippen LogP contribution is -2.35. The molecule has 0 saturated carbocycles. The van der Waals surface area contributed by atoms with Gasteiger partial charge in [0.05, 0.1) is 5.69 Å². The lowest BCUT2D eigenvalue weighted by molar-refractivity contribution is 0.240. The summed E-state index contributed by atoms with van der Waals surface area (Å²) in [5.74, 6) is 0.823. The fourth-order valence-corrected chi connectivity index (χ4v) is 2.99. The Hall–Kier alpha value is -1.94. The van der Waals surface area contributed by atoms with E-state index in [1.807, 2.05) is 0 Å². The Kier molecular flexibility index (Phi) is 4.39. The van der Waals surface area contributed by atoms with Crippen LogP contribution in [0.25, 0.3) is 0 Å². The third-order valence-electron chi connectivity index (χ3n) is 4.22. The van der Waals surface area contributed by atoms with E-state index in [2.05, 4.69) is 53.0 Å². The van der Waals surface area contributed by atoms with Crippen LogP contribution < -0.4 is 5.56 Å². The fraction of sp³-hybridized carbons (Fsp3) is 0.444. The Balaban J connectivity index is 1.77. The van der Waals surface area contributed by atoms with Crippen molar-refractivity contribution >= 4 is 0 Å². The maximum Gasteiger partial charge on any atom is 0.254 e. The smallest absolute Gasteiger partial charge is 0.254 e. The molecule has 1 aromatic heterocycles. The first-order valence-electron chi connectivity index (χ1n) is 8.04. The molecule has 1 N–H and O–H groups in total. The number of rotatable bonds is 4. The topological polar surface area (TPSA) is 49.0 Å². The van der Waals surface area contributed by atoms with Crippen molar-refractivity contribution < 1.29 is 0 Å². The molecule has 0 saturated heterocycles. The van der Waals surface area contributed by atoms with Crippen molar-refractivity contribution in [2.45, 2.75) is 46.2 Å². The van der Waals surface area contributed by atoms with Crippen molar-refractivity contribution in [2.75, 3.05) is 6.54 Å². The summed E-state index contributed by atoms with van der Waals surface area (Å²) in [5, 5.41) is 0. The van der Waals surface area contributed by atoms with Crippen LogP contribution in [0.3, 0.4) is 0 Å². The molecule has 4 heteroatoms. The highest BCUT2D eigenvalue weighted by Crippen LogP contribution is 2.17. The molecule has 3 rings (SSSR count). The number of benzene rings is 1. The van der Waals surface area contributed by atoms with Gasteiger partial charge in [-0.15, -0.1) is 0 Å². The van der Waals surface area contributed by atoms with Gasteiger partial charge in [0, 0.05) is 31.6 Å². The lowest BCUT2D eigenvalue weighted by Gasteiger charge is -2.27. The van der Waals surface area contributed by atoms with Crippen molar-refractivity contribution in [3.63, 3.8) is 0 Å². The van der Waals surface area contributed by atoms with Crippen molar-refractivity contribution in [2.24, 2.45) is 0 Å². The summed E-state index contributed by atoms with van der Waals surface area (Å²) in [7, 11) is 0. The molecule has 22 heavy (non-hydrogen) atoms. The Morgan fingerprint density at radius 2 is 2.05 bits per heavy atom. The molecule has 4 nitrogen and oxygen atoms in total. The molecule has 0 amide bonds. The summed E-state index contributed by atoms with van der Waals surface area (Å²) in [6, 6.07) is 8.66. The Labute approximate surface area is 131 Å². The monoisotopic (exact) mass is 297 g/mol. The Morgan fingerprint density at radius 3 is 2.77 bits per heavy atom. The number of nitrogens with one attached hydrogen (secondary N) is 1. The number of H-pyrrole nitrogens is 1. The van der Waals surface area contributed by atoms with E-state index in [4.69, 9.17) is 0 Å². The van der Waals surface area contributed by atoms with E-state index in [0.29, 0.717) is 0 Å². The summed E-state index contributed by atoms with van der Waals surface area (Å²) >= 11 is 0. The summed E-state index contributed by atoms with van der Waals surface area (Å²) in [6.45, 7) is 6.80. The van der Waals surface area contributed by atoms with Crippen molar-refractivity contribution in [3.8, 4) is 0 Å². The van der Waals surface area contributed by atoms with Crippen molar-refractivity contribution in [3.05, 3.63) is 62.8 Å². The fourth-order valence-electron chi connectivity index (χ4n) is 2.99. The van der Waals surface area contributed by atoms with Crippen LogP contribution >= 0.6 is 0 Å². The molecule has 0 spiro atoms. The zero-order valence-corrected chi connectivity index (χ0v) is 13.4. The molecule has 0 unspecified atom stereocenters. The standard InChI is InChI=1S/C18H23N3O/c1-3-4-17-19-16-12-21(10-9-15(16)18(22)20-17)11-14-7-5-13(2)6-8-14/h5-8H,3-4,9-12H2,1-2H3,(H,19,20,22). The third kappa shape index (κ3) is 3.28. The quantitative estimate of drug-likeness (QED) is 0.943. The van der Waals surface area contributed by atoms with E-state index < -0.39 is 0 Å². The maximum atomic E-state index is 12.1. The van der Waals surface area contributed by atoms with Gasteiger partial charge in [0.1, 0.15) is 5.82 Å². The number of aryl methyl sites for hydroxylation is 2. The molecule has 2 aromatic rings. The number of hydrogen-bond donors (Lipinski definition) is 1. The SMILES string of the molecule is CCCc1nc2c(c(=O)[nH]1)CCN(Cc1ccc(C)cc1)C2. The molecule has 0 radical (unpaired) electrons. The Bertz CT molecular complexity index is 703. The minimum Gasteiger partial charge on any atom is -0.310 e. The molecule has 0 fully saturated rings. The van der Waals surface area contributed by atoms with Gasteiger partial charge in [-0.25, -0.2) is 4.98 Å². The zero-order chi connectivity index (χ0) is 15.5. The first-order valence-corrected chi connectivity index (χ1v) is 8.04. The molecule has 1 aliphatic rings. The largest absolute Gasteiger partial charge is 0.310 e. The second-order valence-electron chi connectivity index (χ2n) is 6.13. The molecule has 116 valence electrons. The van der Waals surface area contributed by atoms with Crippen molar-refractivity contribution in [1.29, 1.82) is 0 Å². The second-order valence-corrected chi connectivity index (χ2v) is 6.13. The van der Waals surface area contributed by atoms with Gasteiger partial charge in [0.2, 0.25) is 0 Å². The van der Waals surface area contributed by atoms with E-state index in [9.17, 15) is 4.79 Å². The van der Waals surface area contributed by atoms with E-state index in [1.54, 1.807) is 0 Å².